The molecule has 0 spiro atoms. The summed E-state index contributed by atoms with van der Waals surface area (Å²) in [6, 6.07) is 9.62. The van der Waals surface area contributed by atoms with Gasteiger partial charge in [-0.15, -0.1) is 0 Å². The Morgan fingerprint density at radius 2 is 1.60 bits per heavy atom. The van der Waals surface area contributed by atoms with E-state index in [1.165, 1.54) is 18.2 Å². The van der Waals surface area contributed by atoms with Gasteiger partial charge in [0.05, 0.1) is 10.8 Å². The van der Waals surface area contributed by atoms with E-state index >= 15 is 0 Å². The first-order valence-electron chi connectivity index (χ1n) is 8.96. The molecular formula is C20H19N5O5. The number of rotatable bonds is 6. The van der Waals surface area contributed by atoms with Crippen LogP contribution in [0.5, 0.6) is 0 Å². The Morgan fingerprint density at radius 1 is 0.933 bits per heavy atom. The quantitative estimate of drug-likeness (QED) is 0.371. The van der Waals surface area contributed by atoms with E-state index in [0.717, 1.165) is 5.56 Å². The van der Waals surface area contributed by atoms with Crippen LogP contribution in [0.4, 0.5) is 0 Å². The number of nitrogens with two attached hydrogens (primary N) is 1. The predicted molar refractivity (Wildman–Crippen MR) is 109 cm³/mol. The first-order valence-corrected chi connectivity index (χ1v) is 8.96. The summed E-state index contributed by atoms with van der Waals surface area (Å²) in [5, 5.41) is 9.54. The summed E-state index contributed by atoms with van der Waals surface area (Å²) in [5.74, 6) is -1.93. The van der Waals surface area contributed by atoms with E-state index in [4.69, 9.17) is 5.73 Å². The number of aromatic amines is 2. The molecule has 0 fully saturated rings. The number of aromatic nitrogens is 2. The van der Waals surface area contributed by atoms with Gasteiger partial charge in [-0.05, 0) is 37.3 Å². The van der Waals surface area contributed by atoms with Crippen molar-refractivity contribution >= 4 is 28.5 Å². The van der Waals surface area contributed by atoms with Crippen LogP contribution in [0.25, 0.3) is 10.8 Å². The summed E-state index contributed by atoms with van der Waals surface area (Å²) in [6.07, 6.45) is 0. The van der Waals surface area contributed by atoms with Gasteiger partial charge in [0.2, 0.25) is 5.91 Å². The Kier molecular flexibility index (Phi) is 5.77. The highest BCUT2D eigenvalue weighted by Gasteiger charge is 2.20. The molecule has 3 amide bonds. The maximum atomic E-state index is 12.4. The van der Waals surface area contributed by atoms with Gasteiger partial charge in [-0.3, -0.25) is 34.2 Å². The van der Waals surface area contributed by atoms with Gasteiger partial charge in [0.25, 0.3) is 22.9 Å². The molecule has 0 bridgehead atoms. The van der Waals surface area contributed by atoms with Crippen molar-refractivity contribution in [3.63, 3.8) is 0 Å². The number of amides is 3. The maximum absolute atomic E-state index is 12.4. The first kappa shape index (κ1) is 20.5. The lowest BCUT2D eigenvalue weighted by molar-refractivity contribution is -0.119. The van der Waals surface area contributed by atoms with E-state index in [1.807, 2.05) is 13.0 Å². The third-order valence-corrected chi connectivity index (χ3v) is 4.46. The standard InChI is InChI=1S/C20H19N5O5/c1-10-3-2-4-11(7-10)18(28)23-15(16(21)26)9-22-17(27)12-5-6-13-14(8-12)20(30)25-24-19(13)29/h2-8,15H,9H2,1H3,(H2,21,26)(H,22,27)(H,23,28)(H,24,29)(H,25,30). The molecule has 0 aliphatic rings. The smallest absolute Gasteiger partial charge is 0.270 e. The maximum Gasteiger partial charge on any atom is 0.270 e. The van der Waals surface area contributed by atoms with Crippen LogP contribution in [-0.2, 0) is 4.79 Å². The van der Waals surface area contributed by atoms with Crippen molar-refractivity contribution in [3.05, 3.63) is 79.9 Å². The number of aryl methyl sites for hydroxylation is 1. The van der Waals surface area contributed by atoms with E-state index in [9.17, 15) is 24.0 Å². The van der Waals surface area contributed by atoms with Gasteiger partial charge in [-0.1, -0.05) is 17.7 Å². The van der Waals surface area contributed by atoms with Gasteiger partial charge >= 0.3 is 0 Å². The highest BCUT2D eigenvalue weighted by molar-refractivity contribution is 5.99. The third-order valence-electron chi connectivity index (χ3n) is 4.46. The number of fused-ring (bicyclic) bond motifs is 1. The number of primary amides is 1. The van der Waals surface area contributed by atoms with Crippen molar-refractivity contribution in [1.29, 1.82) is 0 Å². The Hall–Kier alpha value is -4.21. The summed E-state index contributed by atoms with van der Waals surface area (Å²) >= 11 is 0. The van der Waals surface area contributed by atoms with Crippen LogP contribution in [-0.4, -0.2) is 40.5 Å². The topological polar surface area (TPSA) is 167 Å². The molecule has 154 valence electrons. The molecule has 6 N–H and O–H groups in total. The molecule has 3 aromatic rings. The second-order valence-electron chi connectivity index (χ2n) is 6.68. The Bertz CT molecular complexity index is 1260. The Morgan fingerprint density at radius 3 is 2.27 bits per heavy atom. The fourth-order valence-corrected chi connectivity index (χ4v) is 2.87. The van der Waals surface area contributed by atoms with Crippen molar-refractivity contribution in [2.45, 2.75) is 13.0 Å². The molecule has 10 heteroatoms. The molecule has 1 heterocycles. The number of carbonyl (C=O) groups excluding carboxylic acids is 3. The normalized spacial score (nSPS) is 11.6. The van der Waals surface area contributed by atoms with Gasteiger partial charge < -0.3 is 16.4 Å². The zero-order chi connectivity index (χ0) is 21.8. The fourth-order valence-electron chi connectivity index (χ4n) is 2.87. The number of nitrogens with one attached hydrogen (secondary N) is 4. The Balaban J connectivity index is 1.72. The zero-order valence-corrected chi connectivity index (χ0v) is 15.9. The first-order chi connectivity index (χ1) is 14.3. The Labute approximate surface area is 169 Å². The van der Waals surface area contributed by atoms with Crippen LogP contribution in [0.3, 0.4) is 0 Å². The second-order valence-corrected chi connectivity index (χ2v) is 6.68. The predicted octanol–water partition coefficient (Wildman–Crippen LogP) is -0.461. The van der Waals surface area contributed by atoms with E-state index in [1.54, 1.807) is 18.2 Å². The lowest BCUT2D eigenvalue weighted by Crippen LogP contribution is -2.51. The van der Waals surface area contributed by atoms with Crippen LogP contribution >= 0.6 is 0 Å². The van der Waals surface area contributed by atoms with Gasteiger partial charge in [0.15, 0.2) is 0 Å². The molecule has 10 nitrogen and oxygen atoms in total. The largest absolute Gasteiger partial charge is 0.368 e. The average molecular weight is 409 g/mol. The van der Waals surface area contributed by atoms with Crippen LogP contribution < -0.4 is 27.5 Å². The van der Waals surface area contributed by atoms with Gasteiger partial charge in [-0.2, -0.15) is 0 Å². The van der Waals surface area contributed by atoms with E-state index in [2.05, 4.69) is 20.8 Å². The molecule has 3 rings (SSSR count). The van der Waals surface area contributed by atoms with E-state index in [-0.39, 0.29) is 22.9 Å². The summed E-state index contributed by atoms with van der Waals surface area (Å²) in [5.41, 5.74) is 5.62. The zero-order valence-electron chi connectivity index (χ0n) is 15.9. The van der Waals surface area contributed by atoms with Crippen LogP contribution in [0.1, 0.15) is 26.3 Å². The molecule has 0 aliphatic heterocycles. The highest BCUT2D eigenvalue weighted by atomic mass is 16.2. The number of benzene rings is 2. The number of H-pyrrole nitrogens is 2. The number of hydrogen-bond donors (Lipinski definition) is 5. The minimum Gasteiger partial charge on any atom is -0.368 e. The minimum absolute atomic E-state index is 0.0469. The van der Waals surface area contributed by atoms with Crippen LogP contribution in [0.15, 0.2) is 52.1 Å². The summed E-state index contributed by atoms with van der Waals surface area (Å²) < 4.78 is 0. The van der Waals surface area contributed by atoms with E-state index < -0.39 is 34.9 Å². The summed E-state index contributed by atoms with van der Waals surface area (Å²) in [6.45, 7) is 1.57. The third kappa shape index (κ3) is 4.43. The van der Waals surface area contributed by atoms with E-state index in [0.29, 0.717) is 5.56 Å². The van der Waals surface area contributed by atoms with Crippen molar-refractivity contribution in [1.82, 2.24) is 20.8 Å². The van der Waals surface area contributed by atoms with Crippen molar-refractivity contribution < 1.29 is 14.4 Å². The van der Waals surface area contributed by atoms with Gasteiger partial charge in [0, 0.05) is 17.7 Å². The molecule has 0 saturated carbocycles. The molecule has 1 atom stereocenters. The molecule has 0 aliphatic carbocycles. The average Bonchev–Trinajstić information content (AvgIpc) is 2.73. The van der Waals surface area contributed by atoms with Crippen molar-refractivity contribution in [2.24, 2.45) is 5.73 Å². The summed E-state index contributed by atoms with van der Waals surface area (Å²) in [4.78, 5) is 60.1. The van der Waals surface area contributed by atoms with Gasteiger partial charge in [0.1, 0.15) is 6.04 Å². The van der Waals surface area contributed by atoms with Crippen molar-refractivity contribution in [3.8, 4) is 0 Å². The lowest BCUT2D eigenvalue weighted by atomic mass is 10.1. The van der Waals surface area contributed by atoms with Crippen molar-refractivity contribution in [2.75, 3.05) is 6.54 Å². The molecule has 2 aromatic carbocycles. The molecule has 1 unspecified atom stereocenters. The molecule has 30 heavy (non-hydrogen) atoms. The molecule has 0 saturated heterocycles. The van der Waals surface area contributed by atoms with Crippen LogP contribution in [0.2, 0.25) is 0 Å². The number of carbonyl (C=O) groups is 3. The second kappa shape index (κ2) is 8.43. The summed E-state index contributed by atoms with van der Waals surface area (Å²) in [7, 11) is 0. The lowest BCUT2D eigenvalue weighted by Gasteiger charge is -2.16. The van der Waals surface area contributed by atoms with Gasteiger partial charge in [-0.25, -0.2) is 0 Å². The molecule has 1 aromatic heterocycles. The fraction of sp³-hybridized carbons (Fsp3) is 0.150. The minimum atomic E-state index is -1.14. The highest BCUT2D eigenvalue weighted by Crippen LogP contribution is 2.08. The monoisotopic (exact) mass is 409 g/mol. The number of hydrogen-bond acceptors (Lipinski definition) is 5. The SMILES string of the molecule is Cc1cccc(C(=O)NC(CNC(=O)c2ccc3c(=O)[nH][nH]c(=O)c3c2)C(N)=O)c1. The van der Waals surface area contributed by atoms with Crippen LogP contribution in [0, 0.1) is 6.92 Å². The molecule has 0 radical (unpaired) electrons. The molecular weight excluding hydrogens is 390 g/mol.